The summed E-state index contributed by atoms with van der Waals surface area (Å²) in [4.78, 5) is 0. The Kier molecular flexibility index (Phi) is 4.07. The summed E-state index contributed by atoms with van der Waals surface area (Å²) >= 11 is 0. The molecule has 4 heteroatoms. The van der Waals surface area contributed by atoms with Crippen molar-refractivity contribution in [2.45, 2.75) is 50.7 Å². The van der Waals surface area contributed by atoms with E-state index < -0.39 is 0 Å². The zero-order chi connectivity index (χ0) is 13.2. The molecular formula is C14H25N3O. The minimum Gasteiger partial charge on any atom is -0.377 e. The topological polar surface area (TPSA) is 53.1 Å². The van der Waals surface area contributed by atoms with Gasteiger partial charge in [-0.1, -0.05) is 6.92 Å². The van der Waals surface area contributed by atoms with Crippen LogP contribution in [0.1, 0.15) is 38.2 Å². The molecule has 1 heterocycles. The van der Waals surface area contributed by atoms with E-state index in [1.807, 2.05) is 24.1 Å². The predicted molar refractivity (Wildman–Crippen MR) is 72.3 cm³/mol. The molecule has 0 saturated heterocycles. The van der Waals surface area contributed by atoms with Gasteiger partial charge in [0.2, 0.25) is 0 Å². The third-order valence-electron chi connectivity index (χ3n) is 4.42. The van der Waals surface area contributed by atoms with E-state index in [9.17, 15) is 0 Å². The van der Waals surface area contributed by atoms with Gasteiger partial charge in [-0.3, -0.25) is 4.68 Å². The molecule has 1 atom stereocenters. The Hall–Kier alpha value is -0.870. The lowest BCUT2D eigenvalue weighted by atomic mass is 9.74. The fourth-order valence-electron chi connectivity index (χ4n) is 2.99. The van der Waals surface area contributed by atoms with Gasteiger partial charge >= 0.3 is 0 Å². The van der Waals surface area contributed by atoms with Crippen LogP contribution in [0.4, 0.5) is 0 Å². The molecule has 1 saturated carbocycles. The Morgan fingerprint density at radius 2 is 2.22 bits per heavy atom. The zero-order valence-electron chi connectivity index (χ0n) is 11.7. The summed E-state index contributed by atoms with van der Waals surface area (Å²) in [7, 11) is 3.74. The summed E-state index contributed by atoms with van der Waals surface area (Å²) in [5.41, 5.74) is 7.48. The first-order chi connectivity index (χ1) is 8.55. The van der Waals surface area contributed by atoms with Gasteiger partial charge in [0.1, 0.15) is 0 Å². The second-order valence-corrected chi connectivity index (χ2v) is 5.78. The van der Waals surface area contributed by atoms with E-state index in [0.29, 0.717) is 0 Å². The summed E-state index contributed by atoms with van der Waals surface area (Å²) in [5, 5.41) is 4.20. The van der Waals surface area contributed by atoms with Crippen molar-refractivity contribution in [2.75, 3.05) is 7.11 Å². The highest BCUT2D eigenvalue weighted by Gasteiger charge is 2.39. The number of aromatic nitrogens is 2. The van der Waals surface area contributed by atoms with Crippen LogP contribution in [0.15, 0.2) is 12.4 Å². The van der Waals surface area contributed by atoms with Crippen molar-refractivity contribution < 1.29 is 4.74 Å². The van der Waals surface area contributed by atoms with Crippen molar-refractivity contribution in [3.8, 4) is 0 Å². The molecule has 1 aromatic rings. The van der Waals surface area contributed by atoms with E-state index >= 15 is 0 Å². The van der Waals surface area contributed by atoms with E-state index in [4.69, 9.17) is 10.5 Å². The molecule has 1 aliphatic rings. The second-order valence-electron chi connectivity index (χ2n) is 5.78. The summed E-state index contributed by atoms with van der Waals surface area (Å²) in [6.07, 6.45) is 9.36. The second kappa shape index (κ2) is 5.41. The number of nitrogens with two attached hydrogens (primary N) is 1. The smallest absolute Gasteiger partial charge is 0.0832 e. The summed E-state index contributed by atoms with van der Waals surface area (Å²) in [6, 6.07) is 0.0548. The Balaban J connectivity index is 2.03. The van der Waals surface area contributed by atoms with Crippen LogP contribution in [0.5, 0.6) is 0 Å². The molecule has 2 rings (SSSR count). The number of rotatable bonds is 4. The van der Waals surface area contributed by atoms with Gasteiger partial charge in [0, 0.05) is 26.4 Å². The normalized spacial score (nSPS) is 30.3. The molecule has 102 valence electrons. The van der Waals surface area contributed by atoms with Gasteiger partial charge in [0.15, 0.2) is 0 Å². The van der Waals surface area contributed by atoms with E-state index in [1.54, 1.807) is 7.11 Å². The Labute approximate surface area is 110 Å². The summed E-state index contributed by atoms with van der Waals surface area (Å²) in [5.74, 6) is 0.805. The molecule has 4 nitrogen and oxygen atoms in total. The fraction of sp³-hybridized carbons (Fsp3) is 0.786. The Morgan fingerprint density at radius 3 is 2.72 bits per heavy atom. The highest BCUT2D eigenvalue weighted by molar-refractivity contribution is 5.09. The van der Waals surface area contributed by atoms with Crippen LogP contribution in [0, 0.1) is 5.92 Å². The first-order valence-corrected chi connectivity index (χ1v) is 6.84. The van der Waals surface area contributed by atoms with Gasteiger partial charge in [-0.05, 0) is 43.6 Å². The van der Waals surface area contributed by atoms with Crippen molar-refractivity contribution in [2.24, 2.45) is 18.7 Å². The molecule has 0 aromatic carbocycles. The van der Waals surface area contributed by atoms with Gasteiger partial charge < -0.3 is 10.5 Å². The Bertz CT molecular complexity index is 380. The van der Waals surface area contributed by atoms with Crippen molar-refractivity contribution >= 4 is 0 Å². The molecule has 0 spiro atoms. The third kappa shape index (κ3) is 2.75. The number of methoxy groups -OCH3 is 1. The lowest BCUT2D eigenvalue weighted by molar-refractivity contribution is -0.0659. The van der Waals surface area contributed by atoms with E-state index in [0.717, 1.165) is 25.2 Å². The van der Waals surface area contributed by atoms with E-state index in [2.05, 4.69) is 12.0 Å². The standard InChI is InChI=1S/C14H25N3O/c1-11-4-6-14(18-3,7-5-11)13(15)8-12-9-16-17(2)10-12/h9-11,13H,4-8,15H2,1-3H3. The first kappa shape index (κ1) is 13.6. The maximum Gasteiger partial charge on any atom is 0.0832 e. The molecule has 1 aliphatic carbocycles. The van der Waals surface area contributed by atoms with Gasteiger partial charge in [-0.15, -0.1) is 0 Å². The van der Waals surface area contributed by atoms with Crippen molar-refractivity contribution in [3.63, 3.8) is 0 Å². The molecular weight excluding hydrogens is 226 g/mol. The number of aryl methyl sites for hydroxylation is 1. The lowest BCUT2D eigenvalue weighted by Crippen LogP contribution is -2.52. The SMILES string of the molecule is COC1(C(N)Cc2cnn(C)c2)CCC(C)CC1. The van der Waals surface area contributed by atoms with Crippen LogP contribution in [0.3, 0.4) is 0 Å². The monoisotopic (exact) mass is 251 g/mol. The third-order valence-corrected chi connectivity index (χ3v) is 4.42. The van der Waals surface area contributed by atoms with Crippen LogP contribution >= 0.6 is 0 Å². The highest BCUT2D eigenvalue weighted by Crippen LogP contribution is 2.37. The summed E-state index contributed by atoms with van der Waals surface area (Å²) < 4.78 is 7.64. The largest absolute Gasteiger partial charge is 0.377 e. The molecule has 1 unspecified atom stereocenters. The van der Waals surface area contributed by atoms with Crippen LogP contribution in [-0.4, -0.2) is 28.5 Å². The lowest BCUT2D eigenvalue weighted by Gasteiger charge is -2.42. The fourth-order valence-corrected chi connectivity index (χ4v) is 2.99. The molecule has 2 N–H and O–H groups in total. The summed E-state index contributed by atoms with van der Waals surface area (Å²) in [6.45, 7) is 2.31. The van der Waals surface area contributed by atoms with Crippen LogP contribution < -0.4 is 5.73 Å². The minimum absolute atomic E-state index is 0.0548. The molecule has 0 amide bonds. The minimum atomic E-state index is -0.137. The van der Waals surface area contributed by atoms with E-state index in [1.165, 1.54) is 18.4 Å². The molecule has 1 aromatic heterocycles. The number of hydrogen-bond donors (Lipinski definition) is 1. The molecule has 0 bridgehead atoms. The maximum atomic E-state index is 6.42. The quantitative estimate of drug-likeness (QED) is 0.889. The van der Waals surface area contributed by atoms with E-state index in [-0.39, 0.29) is 11.6 Å². The molecule has 0 aliphatic heterocycles. The van der Waals surface area contributed by atoms with Crippen LogP contribution in [0.2, 0.25) is 0 Å². The van der Waals surface area contributed by atoms with Gasteiger partial charge in [0.05, 0.1) is 11.8 Å². The zero-order valence-corrected chi connectivity index (χ0v) is 11.7. The van der Waals surface area contributed by atoms with Crippen molar-refractivity contribution in [3.05, 3.63) is 18.0 Å². The maximum absolute atomic E-state index is 6.42. The van der Waals surface area contributed by atoms with Gasteiger partial charge in [-0.25, -0.2) is 0 Å². The van der Waals surface area contributed by atoms with Crippen molar-refractivity contribution in [1.29, 1.82) is 0 Å². The van der Waals surface area contributed by atoms with Gasteiger partial charge in [-0.2, -0.15) is 5.10 Å². The molecule has 18 heavy (non-hydrogen) atoms. The first-order valence-electron chi connectivity index (χ1n) is 6.84. The molecule has 1 fully saturated rings. The Morgan fingerprint density at radius 1 is 1.56 bits per heavy atom. The number of hydrogen-bond acceptors (Lipinski definition) is 3. The predicted octanol–water partition coefficient (Wildman–Crippen LogP) is 1.89. The van der Waals surface area contributed by atoms with Crippen LogP contribution in [-0.2, 0) is 18.2 Å². The van der Waals surface area contributed by atoms with Crippen molar-refractivity contribution in [1.82, 2.24) is 9.78 Å². The number of ether oxygens (including phenoxy) is 1. The van der Waals surface area contributed by atoms with Crippen LogP contribution in [0.25, 0.3) is 0 Å². The average Bonchev–Trinajstić information content (AvgIpc) is 2.76. The highest BCUT2D eigenvalue weighted by atomic mass is 16.5. The average molecular weight is 251 g/mol. The van der Waals surface area contributed by atoms with Gasteiger partial charge in [0.25, 0.3) is 0 Å². The molecule has 0 radical (unpaired) electrons. The number of nitrogens with zero attached hydrogens (tertiary/aromatic N) is 2.